The number of hydrogen-bond acceptors (Lipinski definition) is 4. The van der Waals surface area contributed by atoms with Gasteiger partial charge >= 0.3 is 0 Å². The molecule has 4 heteroatoms. The monoisotopic (exact) mass is 654 g/mol. The predicted octanol–water partition coefficient (Wildman–Crippen LogP) is 13.1. The van der Waals surface area contributed by atoms with Crippen LogP contribution in [0.25, 0.3) is 43.9 Å². The Labute approximate surface area is 293 Å². The molecule has 1 aliphatic carbocycles. The smallest absolute Gasteiger partial charge is 0.159 e. The second-order valence-electron chi connectivity index (χ2n) is 14.2. The lowest BCUT2D eigenvalue weighted by atomic mass is 9.75. The standard InChI is InChI=1S/C46H42N2O2/c1-29-12-7-17-36-38-19-10-22-41(45(38)49-43(29)36)47(3)34-15-9-14-33(28-34)31-24-26-32(27-25-31)35-16-5-6-21-40(35)48(4)42-23-11-20-39-37-18-8-13-30(2)44(37)50-46(39)42/h5-23,28,31-32H,24-27H2,1-4H3. The molecule has 50 heavy (non-hydrogen) atoms. The number of para-hydroxylation sites is 5. The summed E-state index contributed by atoms with van der Waals surface area (Å²) in [6.07, 6.45) is 4.68. The third-order valence-electron chi connectivity index (χ3n) is 11.3. The van der Waals surface area contributed by atoms with Crippen molar-refractivity contribution in [3.05, 3.63) is 144 Å². The maximum Gasteiger partial charge on any atom is 0.159 e. The molecule has 0 unspecified atom stereocenters. The first-order valence-corrected chi connectivity index (χ1v) is 17.9. The average molecular weight is 655 g/mol. The largest absolute Gasteiger partial charge is 0.454 e. The summed E-state index contributed by atoms with van der Waals surface area (Å²) in [7, 11) is 4.35. The molecule has 1 saturated carbocycles. The number of furan rings is 2. The Kier molecular flexibility index (Phi) is 7.42. The molecule has 2 aromatic heterocycles. The zero-order valence-corrected chi connectivity index (χ0v) is 29.2. The van der Waals surface area contributed by atoms with E-state index in [4.69, 9.17) is 8.83 Å². The molecule has 0 radical (unpaired) electrons. The fraction of sp³-hybridized carbons (Fsp3) is 0.217. The van der Waals surface area contributed by atoms with Gasteiger partial charge in [-0.3, -0.25) is 0 Å². The van der Waals surface area contributed by atoms with E-state index in [0.717, 1.165) is 44.7 Å². The summed E-state index contributed by atoms with van der Waals surface area (Å²) < 4.78 is 13.1. The van der Waals surface area contributed by atoms with Gasteiger partial charge in [-0.2, -0.15) is 0 Å². The highest BCUT2D eigenvalue weighted by Crippen LogP contribution is 2.46. The maximum absolute atomic E-state index is 6.55. The second kappa shape index (κ2) is 12.1. The van der Waals surface area contributed by atoms with Crippen molar-refractivity contribution >= 4 is 66.6 Å². The average Bonchev–Trinajstić information content (AvgIpc) is 3.75. The highest BCUT2D eigenvalue weighted by atomic mass is 16.3. The Balaban J connectivity index is 0.963. The van der Waals surface area contributed by atoms with E-state index in [9.17, 15) is 0 Å². The van der Waals surface area contributed by atoms with Crippen LogP contribution in [0.2, 0.25) is 0 Å². The lowest BCUT2D eigenvalue weighted by Crippen LogP contribution is -2.17. The highest BCUT2D eigenvalue weighted by molar-refractivity contribution is 6.11. The van der Waals surface area contributed by atoms with Gasteiger partial charge in [-0.25, -0.2) is 0 Å². The Morgan fingerprint density at radius 3 is 1.56 bits per heavy atom. The maximum atomic E-state index is 6.55. The van der Waals surface area contributed by atoms with Gasteiger partial charge < -0.3 is 18.6 Å². The van der Waals surface area contributed by atoms with E-state index in [1.807, 2.05) is 0 Å². The highest BCUT2D eigenvalue weighted by Gasteiger charge is 2.27. The molecule has 9 rings (SSSR count). The van der Waals surface area contributed by atoms with Gasteiger partial charge in [-0.05, 0) is 104 Å². The number of aryl methyl sites for hydroxylation is 2. The molecule has 0 saturated heterocycles. The lowest BCUT2D eigenvalue weighted by molar-refractivity contribution is 0.397. The Hall–Kier alpha value is -5.48. The van der Waals surface area contributed by atoms with Crippen LogP contribution in [-0.4, -0.2) is 14.1 Å². The van der Waals surface area contributed by atoms with Gasteiger partial charge in [-0.15, -0.1) is 0 Å². The Morgan fingerprint density at radius 2 is 0.940 bits per heavy atom. The second-order valence-corrected chi connectivity index (χ2v) is 14.2. The summed E-state index contributed by atoms with van der Waals surface area (Å²) in [6.45, 7) is 4.24. The molecule has 8 aromatic rings. The third-order valence-corrected chi connectivity index (χ3v) is 11.3. The van der Waals surface area contributed by atoms with Gasteiger partial charge in [0.25, 0.3) is 0 Å². The Morgan fingerprint density at radius 1 is 0.460 bits per heavy atom. The summed E-state index contributed by atoms with van der Waals surface area (Å²) in [5, 5.41) is 4.69. The van der Waals surface area contributed by atoms with E-state index in [1.165, 1.54) is 69.9 Å². The van der Waals surface area contributed by atoms with E-state index in [1.54, 1.807) is 0 Å². The molecular formula is C46H42N2O2. The van der Waals surface area contributed by atoms with Crippen LogP contribution in [0.15, 0.2) is 130 Å². The third kappa shape index (κ3) is 4.96. The van der Waals surface area contributed by atoms with Crippen LogP contribution in [0.3, 0.4) is 0 Å². The minimum Gasteiger partial charge on any atom is -0.454 e. The fourth-order valence-corrected chi connectivity index (χ4v) is 8.55. The first kappa shape index (κ1) is 30.6. The summed E-state index contributed by atoms with van der Waals surface area (Å²) >= 11 is 0. The molecule has 2 heterocycles. The summed E-state index contributed by atoms with van der Waals surface area (Å²) in [4.78, 5) is 4.62. The minimum absolute atomic E-state index is 0.516. The van der Waals surface area contributed by atoms with Crippen molar-refractivity contribution in [2.75, 3.05) is 23.9 Å². The topological polar surface area (TPSA) is 32.8 Å². The van der Waals surface area contributed by atoms with Crippen LogP contribution in [0, 0.1) is 13.8 Å². The molecule has 248 valence electrons. The first-order chi connectivity index (χ1) is 24.5. The van der Waals surface area contributed by atoms with Crippen molar-refractivity contribution < 1.29 is 8.83 Å². The molecule has 0 N–H and O–H groups in total. The van der Waals surface area contributed by atoms with Crippen molar-refractivity contribution in [3.63, 3.8) is 0 Å². The van der Waals surface area contributed by atoms with Crippen LogP contribution in [0.1, 0.15) is 59.8 Å². The molecule has 4 nitrogen and oxygen atoms in total. The molecule has 0 atom stereocenters. The first-order valence-electron chi connectivity index (χ1n) is 17.9. The van der Waals surface area contributed by atoms with Crippen molar-refractivity contribution in [3.8, 4) is 0 Å². The minimum atomic E-state index is 0.516. The summed E-state index contributed by atoms with van der Waals surface area (Å²) in [6, 6.07) is 44.0. The van der Waals surface area contributed by atoms with Crippen LogP contribution < -0.4 is 9.80 Å². The van der Waals surface area contributed by atoms with E-state index >= 15 is 0 Å². The van der Waals surface area contributed by atoms with E-state index in [2.05, 4.69) is 159 Å². The van der Waals surface area contributed by atoms with Gasteiger partial charge in [0.05, 0.1) is 11.4 Å². The van der Waals surface area contributed by atoms with Crippen molar-refractivity contribution in [1.29, 1.82) is 0 Å². The molecule has 0 amide bonds. The summed E-state index contributed by atoms with van der Waals surface area (Å²) in [5.41, 5.74) is 13.7. The molecular weight excluding hydrogens is 613 g/mol. The predicted molar refractivity (Wildman–Crippen MR) is 210 cm³/mol. The molecule has 0 aliphatic heterocycles. The molecule has 1 fully saturated rings. The van der Waals surface area contributed by atoms with Gasteiger partial charge in [-0.1, -0.05) is 91.0 Å². The summed E-state index contributed by atoms with van der Waals surface area (Å²) in [5.74, 6) is 1.06. The number of nitrogens with zero attached hydrogens (tertiary/aromatic N) is 2. The van der Waals surface area contributed by atoms with Crippen LogP contribution in [-0.2, 0) is 0 Å². The molecule has 0 spiro atoms. The van der Waals surface area contributed by atoms with Crippen LogP contribution in [0.4, 0.5) is 22.7 Å². The van der Waals surface area contributed by atoms with Gasteiger partial charge in [0.1, 0.15) is 11.2 Å². The number of fused-ring (bicyclic) bond motifs is 6. The fourth-order valence-electron chi connectivity index (χ4n) is 8.55. The van der Waals surface area contributed by atoms with Crippen molar-refractivity contribution in [2.24, 2.45) is 0 Å². The molecule has 6 aromatic carbocycles. The van der Waals surface area contributed by atoms with Gasteiger partial charge in [0.2, 0.25) is 0 Å². The van der Waals surface area contributed by atoms with Crippen molar-refractivity contribution in [1.82, 2.24) is 0 Å². The zero-order chi connectivity index (χ0) is 33.9. The molecule has 1 aliphatic rings. The lowest BCUT2D eigenvalue weighted by Gasteiger charge is -2.32. The van der Waals surface area contributed by atoms with E-state index < -0.39 is 0 Å². The van der Waals surface area contributed by atoms with Gasteiger partial charge in [0, 0.05) is 47.0 Å². The zero-order valence-electron chi connectivity index (χ0n) is 29.2. The number of benzene rings is 6. The van der Waals surface area contributed by atoms with Crippen molar-refractivity contribution in [2.45, 2.75) is 51.4 Å². The normalized spacial score (nSPS) is 16.5. The number of anilines is 4. The Bertz CT molecular complexity index is 2530. The van der Waals surface area contributed by atoms with E-state index in [0.29, 0.717) is 11.8 Å². The van der Waals surface area contributed by atoms with Gasteiger partial charge in [0.15, 0.2) is 11.2 Å². The van der Waals surface area contributed by atoms with E-state index in [-0.39, 0.29) is 0 Å². The number of rotatable bonds is 6. The SMILES string of the molecule is Cc1cccc2c1oc1c(N(C)c3cccc(C4CCC(c5ccccc5N(C)c5cccc6c5oc5c(C)cccc56)CC4)c3)cccc12. The molecule has 0 bridgehead atoms. The van der Waals surface area contributed by atoms with Crippen LogP contribution >= 0.6 is 0 Å². The quantitative estimate of drug-likeness (QED) is 0.179. The van der Waals surface area contributed by atoms with Crippen LogP contribution in [0.5, 0.6) is 0 Å². The number of hydrogen-bond donors (Lipinski definition) is 0.